The summed E-state index contributed by atoms with van der Waals surface area (Å²) in [6.45, 7) is 0.384. The highest BCUT2D eigenvalue weighted by Crippen LogP contribution is 2.24. The molecule has 0 saturated carbocycles. The number of nitrogens with zero attached hydrogens (tertiary/aromatic N) is 2. The number of methoxy groups -OCH3 is 2. The lowest BCUT2D eigenvalue weighted by Crippen LogP contribution is -2.11. The molecule has 0 aliphatic heterocycles. The van der Waals surface area contributed by atoms with Gasteiger partial charge in [0.15, 0.2) is 0 Å². The Morgan fingerprint density at radius 3 is 2.48 bits per heavy atom. The Kier molecular flexibility index (Phi) is 4.55. The minimum atomic E-state index is -0.475. The number of anilines is 1. The van der Waals surface area contributed by atoms with E-state index in [0.29, 0.717) is 29.4 Å². The van der Waals surface area contributed by atoms with Crippen molar-refractivity contribution in [1.82, 2.24) is 9.97 Å². The third-order valence-corrected chi connectivity index (χ3v) is 2.87. The maximum atomic E-state index is 11.2. The minimum Gasteiger partial charge on any atom is -0.481 e. The van der Waals surface area contributed by atoms with Gasteiger partial charge in [-0.05, 0) is 18.2 Å². The summed E-state index contributed by atoms with van der Waals surface area (Å²) in [5.41, 5.74) is 7.12. The lowest BCUT2D eigenvalue weighted by molar-refractivity contribution is 0.100. The number of hydrogen-bond acceptors (Lipinski definition) is 6. The number of ether oxygens (including phenoxy) is 2. The molecule has 0 aliphatic rings. The van der Waals surface area contributed by atoms with Crippen molar-refractivity contribution in [2.24, 2.45) is 5.73 Å². The van der Waals surface area contributed by atoms with E-state index in [4.69, 9.17) is 15.2 Å². The zero-order valence-corrected chi connectivity index (χ0v) is 11.8. The molecule has 0 saturated heterocycles. The molecule has 7 nitrogen and oxygen atoms in total. The molecule has 0 spiro atoms. The zero-order chi connectivity index (χ0) is 15.2. The fourth-order valence-electron chi connectivity index (χ4n) is 1.86. The molecule has 1 heterocycles. The second-order valence-corrected chi connectivity index (χ2v) is 4.17. The Balaban J connectivity index is 2.20. The van der Waals surface area contributed by atoms with Gasteiger partial charge in [-0.2, -0.15) is 0 Å². The predicted octanol–water partition coefficient (Wildman–Crippen LogP) is 1.20. The molecule has 0 radical (unpaired) electrons. The topological polar surface area (TPSA) is 99.4 Å². The Morgan fingerprint density at radius 1 is 1.24 bits per heavy atom. The van der Waals surface area contributed by atoms with Crippen molar-refractivity contribution in [3.8, 4) is 11.8 Å². The highest BCUT2D eigenvalue weighted by atomic mass is 16.5. The van der Waals surface area contributed by atoms with E-state index >= 15 is 0 Å². The monoisotopic (exact) mass is 288 g/mol. The summed E-state index contributed by atoms with van der Waals surface area (Å²) < 4.78 is 10.4. The molecule has 0 fully saturated rings. The van der Waals surface area contributed by atoms with E-state index in [1.165, 1.54) is 20.5 Å². The molecule has 0 atom stereocenters. The van der Waals surface area contributed by atoms with E-state index in [2.05, 4.69) is 15.3 Å². The van der Waals surface area contributed by atoms with Crippen LogP contribution >= 0.6 is 0 Å². The Bertz CT molecular complexity index is 624. The highest BCUT2D eigenvalue weighted by Gasteiger charge is 2.12. The normalized spacial score (nSPS) is 10.0. The van der Waals surface area contributed by atoms with Crippen LogP contribution in [-0.2, 0) is 6.54 Å². The van der Waals surface area contributed by atoms with Crippen LogP contribution in [0.1, 0.15) is 15.9 Å². The number of carbonyl (C=O) groups is 1. The quantitative estimate of drug-likeness (QED) is 0.828. The first kappa shape index (κ1) is 14.6. The van der Waals surface area contributed by atoms with Crippen molar-refractivity contribution in [2.45, 2.75) is 6.54 Å². The van der Waals surface area contributed by atoms with Gasteiger partial charge in [-0.1, -0.05) is 6.07 Å². The molecule has 1 aromatic heterocycles. The molecular weight excluding hydrogens is 272 g/mol. The van der Waals surface area contributed by atoms with Gasteiger partial charge < -0.3 is 20.5 Å². The summed E-state index contributed by atoms with van der Waals surface area (Å²) in [7, 11) is 3.05. The van der Waals surface area contributed by atoms with Crippen LogP contribution in [-0.4, -0.2) is 30.1 Å². The summed E-state index contributed by atoms with van der Waals surface area (Å²) >= 11 is 0. The van der Waals surface area contributed by atoms with Gasteiger partial charge in [-0.3, -0.25) is 4.79 Å². The molecule has 1 aromatic carbocycles. The van der Waals surface area contributed by atoms with Gasteiger partial charge in [-0.15, -0.1) is 0 Å². The van der Waals surface area contributed by atoms with Crippen molar-refractivity contribution in [3.63, 3.8) is 0 Å². The Labute approximate surface area is 122 Å². The van der Waals surface area contributed by atoms with Gasteiger partial charge in [0, 0.05) is 11.3 Å². The van der Waals surface area contributed by atoms with E-state index in [0.717, 1.165) is 5.69 Å². The van der Waals surface area contributed by atoms with E-state index in [9.17, 15) is 4.79 Å². The van der Waals surface area contributed by atoms with Crippen molar-refractivity contribution in [3.05, 3.63) is 41.7 Å². The molecule has 0 bridgehead atoms. The number of nitrogens with two attached hydrogens (primary N) is 1. The van der Waals surface area contributed by atoms with Crippen LogP contribution in [0.15, 0.2) is 30.6 Å². The third-order valence-electron chi connectivity index (χ3n) is 2.87. The van der Waals surface area contributed by atoms with Crippen molar-refractivity contribution in [2.75, 3.05) is 19.5 Å². The number of amides is 1. The first-order valence-corrected chi connectivity index (χ1v) is 6.21. The maximum Gasteiger partial charge on any atom is 0.248 e. The number of primary amides is 1. The largest absolute Gasteiger partial charge is 0.481 e. The molecule has 2 rings (SSSR count). The van der Waals surface area contributed by atoms with Crippen LogP contribution in [0.5, 0.6) is 11.8 Å². The Morgan fingerprint density at radius 2 is 1.90 bits per heavy atom. The SMILES string of the molecule is COc1ncnc(OC)c1CNc1cccc(C(N)=O)c1. The lowest BCUT2D eigenvalue weighted by atomic mass is 10.2. The molecule has 2 aromatic rings. The van der Waals surface area contributed by atoms with Crippen molar-refractivity contribution in [1.29, 1.82) is 0 Å². The number of carbonyl (C=O) groups excluding carboxylic acids is 1. The maximum absolute atomic E-state index is 11.2. The van der Waals surface area contributed by atoms with E-state index in [1.54, 1.807) is 18.2 Å². The van der Waals surface area contributed by atoms with E-state index in [-0.39, 0.29) is 0 Å². The van der Waals surface area contributed by atoms with Crippen LogP contribution in [0.4, 0.5) is 5.69 Å². The number of hydrogen-bond donors (Lipinski definition) is 2. The first-order valence-electron chi connectivity index (χ1n) is 6.21. The minimum absolute atomic E-state index is 0.384. The molecule has 1 amide bonds. The zero-order valence-electron chi connectivity index (χ0n) is 11.8. The average molecular weight is 288 g/mol. The Hall–Kier alpha value is -2.83. The van der Waals surface area contributed by atoms with Crippen LogP contribution in [0.2, 0.25) is 0 Å². The fourth-order valence-corrected chi connectivity index (χ4v) is 1.86. The second kappa shape index (κ2) is 6.56. The summed E-state index contributed by atoms with van der Waals surface area (Å²) in [6.07, 6.45) is 1.37. The molecule has 0 aliphatic carbocycles. The smallest absolute Gasteiger partial charge is 0.248 e. The molecule has 3 N–H and O–H groups in total. The lowest BCUT2D eigenvalue weighted by Gasteiger charge is -2.12. The summed E-state index contributed by atoms with van der Waals surface area (Å²) in [4.78, 5) is 19.2. The predicted molar refractivity (Wildman–Crippen MR) is 77.4 cm³/mol. The number of aromatic nitrogens is 2. The van der Waals surface area contributed by atoms with Gasteiger partial charge in [0.1, 0.15) is 6.33 Å². The van der Waals surface area contributed by atoms with E-state index in [1.807, 2.05) is 6.07 Å². The van der Waals surface area contributed by atoms with Gasteiger partial charge in [-0.25, -0.2) is 9.97 Å². The first-order chi connectivity index (χ1) is 10.2. The average Bonchev–Trinajstić information content (AvgIpc) is 2.52. The third kappa shape index (κ3) is 3.38. The van der Waals surface area contributed by atoms with Gasteiger partial charge in [0.25, 0.3) is 0 Å². The van der Waals surface area contributed by atoms with Crippen LogP contribution in [0.3, 0.4) is 0 Å². The van der Waals surface area contributed by atoms with E-state index < -0.39 is 5.91 Å². The molecule has 21 heavy (non-hydrogen) atoms. The van der Waals surface area contributed by atoms with Crippen molar-refractivity contribution >= 4 is 11.6 Å². The summed E-state index contributed by atoms with van der Waals surface area (Å²) in [5, 5.41) is 3.16. The fraction of sp³-hybridized carbons (Fsp3) is 0.214. The molecular formula is C14H16N4O3. The van der Waals surface area contributed by atoms with Gasteiger partial charge in [0.2, 0.25) is 17.7 Å². The highest BCUT2D eigenvalue weighted by molar-refractivity contribution is 5.93. The molecule has 110 valence electrons. The van der Waals surface area contributed by atoms with Crippen LogP contribution in [0.25, 0.3) is 0 Å². The second-order valence-electron chi connectivity index (χ2n) is 4.17. The number of rotatable bonds is 6. The van der Waals surface area contributed by atoms with Crippen molar-refractivity contribution < 1.29 is 14.3 Å². The number of benzene rings is 1. The van der Waals surface area contributed by atoms with Gasteiger partial charge >= 0.3 is 0 Å². The van der Waals surface area contributed by atoms with Crippen LogP contribution in [0, 0.1) is 0 Å². The van der Waals surface area contributed by atoms with Crippen LogP contribution < -0.4 is 20.5 Å². The molecule has 0 unspecified atom stereocenters. The summed E-state index contributed by atoms with van der Waals surface area (Å²) in [5.74, 6) is 0.387. The molecule has 7 heteroatoms. The summed E-state index contributed by atoms with van der Waals surface area (Å²) in [6, 6.07) is 6.90. The standard InChI is InChI=1S/C14H16N4O3/c1-20-13-11(14(21-2)18-8-17-13)7-16-10-5-3-4-9(6-10)12(15)19/h3-6,8,16H,7H2,1-2H3,(H2,15,19). The number of nitrogens with one attached hydrogen (secondary N) is 1. The van der Waals surface area contributed by atoms with Gasteiger partial charge in [0.05, 0.1) is 26.3 Å².